The van der Waals surface area contributed by atoms with Crippen molar-refractivity contribution in [2.75, 3.05) is 5.32 Å². The second-order valence-corrected chi connectivity index (χ2v) is 9.86. The van der Waals surface area contributed by atoms with E-state index in [1.54, 1.807) is 18.3 Å². The molecule has 5 nitrogen and oxygen atoms in total. The molecule has 1 fully saturated rings. The van der Waals surface area contributed by atoms with Crippen LogP contribution >= 0.6 is 45.5 Å². The minimum Gasteiger partial charge on any atom is -0.487 e. The number of nitrogens with one attached hydrogen (secondary N) is 1. The molecule has 0 saturated heterocycles. The maximum atomic E-state index is 14.2. The zero-order valence-corrected chi connectivity index (χ0v) is 20.2. The van der Waals surface area contributed by atoms with Gasteiger partial charge >= 0.3 is 0 Å². The van der Waals surface area contributed by atoms with E-state index in [0.29, 0.717) is 37.9 Å². The van der Waals surface area contributed by atoms with Crippen molar-refractivity contribution in [2.45, 2.75) is 38.2 Å². The summed E-state index contributed by atoms with van der Waals surface area (Å²) in [6.45, 7) is 0. The number of carbonyl (C=O) groups excluding carboxylic acids is 1. The van der Waals surface area contributed by atoms with Crippen molar-refractivity contribution < 1.29 is 13.9 Å². The number of nitrogens with zero attached hydrogens (tertiary/aromatic N) is 2. The summed E-state index contributed by atoms with van der Waals surface area (Å²) < 4.78 is 20.2. The molecule has 4 rings (SSSR count). The number of carbonyl (C=O) groups is 1. The first-order valence-electron chi connectivity index (χ1n) is 9.88. The van der Waals surface area contributed by atoms with Gasteiger partial charge in [0.1, 0.15) is 5.82 Å². The number of halogens is 3. The van der Waals surface area contributed by atoms with Crippen molar-refractivity contribution >= 4 is 60.3 Å². The van der Waals surface area contributed by atoms with Crippen molar-refractivity contribution in [3.63, 3.8) is 0 Å². The van der Waals surface area contributed by atoms with Crippen LogP contribution in [0, 0.1) is 11.2 Å². The third-order valence-corrected chi connectivity index (χ3v) is 7.63. The van der Waals surface area contributed by atoms with Gasteiger partial charge in [0.2, 0.25) is 0 Å². The van der Waals surface area contributed by atoms with Crippen LogP contribution in [0.15, 0.2) is 48.0 Å². The monoisotopic (exact) mass is 571 g/mol. The lowest BCUT2D eigenvalue weighted by Crippen LogP contribution is -2.38. The van der Waals surface area contributed by atoms with Crippen LogP contribution in [-0.2, 0) is 11.2 Å². The van der Waals surface area contributed by atoms with Gasteiger partial charge in [0, 0.05) is 51.7 Å². The third-order valence-electron chi connectivity index (χ3n) is 5.51. The molecule has 2 heterocycles. The first kappa shape index (κ1) is 22.4. The third kappa shape index (κ3) is 5.35. The van der Waals surface area contributed by atoms with Crippen LogP contribution < -0.4 is 10.1 Å². The molecule has 1 saturated carbocycles. The second-order valence-electron chi connectivity index (χ2n) is 7.58. The summed E-state index contributed by atoms with van der Waals surface area (Å²) in [6.07, 6.45) is 4.79. The summed E-state index contributed by atoms with van der Waals surface area (Å²) in [7, 11) is 0. The fourth-order valence-electron chi connectivity index (χ4n) is 3.85. The Kier molecular flexibility index (Phi) is 7.08. The number of hydrogen-bond donors (Lipinski definition) is 1. The number of pyridine rings is 1. The van der Waals surface area contributed by atoms with Crippen molar-refractivity contribution in [2.24, 2.45) is 5.41 Å². The standard InChI is InChI=1S/C22H20ClFIN3O2S/c23-16-4-2-5-17(19(16)24)30-15-7-9-22(10-8-15,20(25)29)13-14-3-1-6-18(27-14)28-21-26-11-12-31-21/h1-6,11-12,15H,7-10,13H2,(H,26,27,28). The molecule has 1 N–H and O–H groups in total. The molecule has 0 radical (unpaired) electrons. The van der Waals surface area contributed by atoms with Crippen LogP contribution in [-0.4, -0.2) is 19.9 Å². The predicted molar refractivity (Wildman–Crippen MR) is 129 cm³/mol. The molecule has 0 atom stereocenters. The molecule has 1 aromatic carbocycles. The fraction of sp³-hybridized carbons (Fsp3) is 0.318. The first-order valence-corrected chi connectivity index (χ1v) is 12.2. The summed E-state index contributed by atoms with van der Waals surface area (Å²) in [4.78, 5) is 21.5. The molecule has 0 spiro atoms. The van der Waals surface area contributed by atoms with Gasteiger partial charge in [0.25, 0.3) is 0 Å². The van der Waals surface area contributed by atoms with E-state index in [-0.39, 0.29) is 20.7 Å². The van der Waals surface area contributed by atoms with Crippen LogP contribution in [0.25, 0.3) is 0 Å². The molecular weight excluding hydrogens is 552 g/mol. The Morgan fingerprint density at radius 3 is 2.77 bits per heavy atom. The molecule has 0 unspecified atom stereocenters. The van der Waals surface area contributed by atoms with E-state index in [0.717, 1.165) is 10.8 Å². The molecule has 1 aliphatic rings. The number of hydrogen-bond acceptors (Lipinski definition) is 6. The highest BCUT2D eigenvalue weighted by Crippen LogP contribution is 2.43. The lowest BCUT2D eigenvalue weighted by molar-refractivity contribution is -0.120. The summed E-state index contributed by atoms with van der Waals surface area (Å²) in [5, 5.41) is 5.90. The normalized spacial score (nSPS) is 20.9. The first-order chi connectivity index (χ1) is 14.9. The van der Waals surface area contributed by atoms with E-state index < -0.39 is 11.2 Å². The Bertz CT molecular complexity index is 1060. The van der Waals surface area contributed by atoms with Crippen molar-refractivity contribution in [1.29, 1.82) is 0 Å². The van der Waals surface area contributed by atoms with E-state index in [9.17, 15) is 9.18 Å². The molecule has 1 aliphatic carbocycles. The zero-order valence-electron chi connectivity index (χ0n) is 16.5. The quantitative estimate of drug-likeness (QED) is 0.256. The lowest BCUT2D eigenvalue weighted by Gasteiger charge is -2.37. The van der Waals surface area contributed by atoms with Gasteiger partial charge < -0.3 is 10.1 Å². The zero-order chi connectivity index (χ0) is 21.8. The number of ether oxygens (including phenoxy) is 1. The largest absolute Gasteiger partial charge is 0.487 e. The molecule has 3 aromatic rings. The number of rotatable bonds is 7. The summed E-state index contributed by atoms with van der Waals surface area (Å²) in [6, 6.07) is 10.5. The van der Waals surface area contributed by atoms with Crippen LogP contribution in [0.4, 0.5) is 15.3 Å². The number of thiazole rings is 1. The lowest BCUT2D eigenvalue weighted by atomic mass is 9.71. The SMILES string of the molecule is O=C(I)C1(Cc2cccc(Nc3nccs3)n2)CCC(Oc2cccc(Cl)c2F)CC1. The van der Waals surface area contributed by atoms with E-state index in [4.69, 9.17) is 16.3 Å². The van der Waals surface area contributed by atoms with Gasteiger partial charge in [-0.1, -0.05) is 23.7 Å². The maximum Gasteiger partial charge on any atom is 0.198 e. The van der Waals surface area contributed by atoms with Gasteiger partial charge in [0.05, 0.1) is 11.1 Å². The van der Waals surface area contributed by atoms with Crippen LogP contribution in [0.1, 0.15) is 31.4 Å². The maximum absolute atomic E-state index is 14.2. The van der Waals surface area contributed by atoms with Crippen LogP contribution in [0.3, 0.4) is 0 Å². The van der Waals surface area contributed by atoms with Gasteiger partial charge in [-0.25, -0.2) is 14.4 Å². The Morgan fingerprint density at radius 2 is 2.06 bits per heavy atom. The highest BCUT2D eigenvalue weighted by Gasteiger charge is 2.41. The number of aromatic nitrogens is 2. The van der Waals surface area contributed by atoms with Gasteiger partial charge in [-0.15, -0.1) is 11.3 Å². The summed E-state index contributed by atoms with van der Waals surface area (Å²) >= 11 is 9.25. The average molecular weight is 572 g/mol. The molecule has 0 bridgehead atoms. The van der Waals surface area contributed by atoms with Crippen molar-refractivity contribution in [3.05, 3.63) is 64.5 Å². The minimum absolute atomic E-state index is 0.0439. The van der Waals surface area contributed by atoms with E-state index in [1.807, 2.05) is 46.2 Å². The molecular formula is C22H20ClFIN3O2S. The number of benzene rings is 1. The van der Waals surface area contributed by atoms with E-state index >= 15 is 0 Å². The molecule has 0 aliphatic heterocycles. The van der Waals surface area contributed by atoms with Gasteiger partial charge in [-0.2, -0.15) is 0 Å². The summed E-state index contributed by atoms with van der Waals surface area (Å²) in [5.74, 6) is 0.324. The fourth-order valence-corrected chi connectivity index (χ4v) is 5.28. The Labute approximate surface area is 202 Å². The molecule has 162 valence electrons. The van der Waals surface area contributed by atoms with E-state index in [2.05, 4.69) is 15.3 Å². The highest BCUT2D eigenvalue weighted by atomic mass is 127. The number of anilines is 2. The van der Waals surface area contributed by atoms with Crippen molar-refractivity contribution in [1.82, 2.24) is 9.97 Å². The molecule has 2 aromatic heterocycles. The Hall–Kier alpha value is -1.78. The van der Waals surface area contributed by atoms with Crippen LogP contribution in [0.2, 0.25) is 5.02 Å². The Balaban J connectivity index is 1.43. The second kappa shape index (κ2) is 9.79. The highest BCUT2D eigenvalue weighted by molar-refractivity contribution is 14.1. The van der Waals surface area contributed by atoms with Crippen LogP contribution in [0.5, 0.6) is 5.75 Å². The average Bonchev–Trinajstić information content (AvgIpc) is 3.26. The molecule has 9 heteroatoms. The smallest absolute Gasteiger partial charge is 0.198 e. The predicted octanol–water partition coefficient (Wildman–Crippen LogP) is 6.59. The van der Waals surface area contributed by atoms with Gasteiger partial charge in [0.15, 0.2) is 20.5 Å². The Morgan fingerprint density at radius 1 is 1.29 bits per heavy atom. The van der Waals surface area contributed by atoms with Gasteiger partial charge in [-0.05, 0) is 49.9 Å². The minimum atomic E-state index is -0.542. The molecule has 0 amide bonds. The van der Waals surface area contributed by atoms with Crippen molar-refractivity contribution in [3.8, 4) is 5.75 Å². The topological polar surface area (TPSA) is 64.1 Å². The van der Waals surface area contributed by atoms with E-state index in [1.165, 1.54) is 17.4 Å². The molecule has 31 heavy (non-hydrogen) atoms. The van der Waals surface area contributed by atoms with Gasteiger partial charge in [-0.3, -0.25) is 4.79 Å². The summed E-state index contributed by atoms with van der Waals surface area (Å²) in [5.41, 5.74) is 0.354.